The summed E-state index contributed by atoms with van der Waals surface area (Å²) in [5, 5.41) is 16.2. The van der Waals surface area contributed by atoms with E-state index in [1.807, 2.05) is 30.3 Å². The molecular weight excluding hydrogens is 415 g/mol. The molecular formula is C18H33IN4O. The molecule has 0 heterocycles. The van der Waals surface area contributed by atoms with Crippen molar-refractivity contribution in [1.29, 1.82) is 0 Å². The van der Waals surface area contributed by atoms with Crippen LogP contribution in [0.3, 0.4) is 0 Å². The van der Waals surface area contributed by atoms with E-state index in [0.29, 0.717) is 12.6 Å². The van der Waals surface area contributed by atoms with E-state index in [1.54, 1.807) is 7.05 Å². The third kappa shape index (κ3) is 8.30. The summed E-state index contributed by atoms with van der Waals surface area (Å²) in [6.07, 6.45) is 1.15. The van der Waals surface area contributed by atoms with Gasteiger partial charge in [0.25, 0.3) is 0 Å². The van der Waals surface area contributed by atoms with E-state index in [1.165, 1.54) is 0 Å². The lowest BCUT2D eigenvalue weighted by atomic mass is 10.0. The monoisotopic (exact) mass is 448 g/mol. The molecule has 0 spiro atoms. The number of hydrogen-bond donors (Lipinski definition) is 3. The summed E-state index contributed by atoms with van der Waals surface area (Å²) < 4.78 is 0. The minimum Gasteiger partial charge on any atom is -0.396 e. The topological polar surface area (TPSA) is 59.9 Å². The molecule has 138 valence electrons. The fourth-order valence-electron chi connectivity index (χ4n) is 2.34. The number of halogens is 1. The van der Waals surface area contributed by atoms with Gasteiger partial charge >= 0.3 is 0 Å². The maximum absolute atomic E-state index is 9.60. The summed E-state index contributed by atoms with van der Waals surface area (Å²) in [6, 6.07) is 10.6. The summed E-state index contributed by atoms with van der Waals surface area (Å²) in [5.41, 5.74) is 1.13. The maximum Gasteiger partial charge on any atom is 0.191 e. The molecule has 2 unspecified atom stereocenters. The maximum atomic E-state index is 9.60. The van der Waals surface area contributed by atoms with Crippen LogP contribution in [0.1, 0.15) is 31.7 Å². The Hall–Kier alpha value is -0.860. The molecule has 0 saturated heterocycles. The van der Waals surface area contributed by atoms with E-state index >= 15 is 0 Å². The van der Waals surface area contributed by atoms with Gasteiger partial charge in [0, 0.05) is 38.6 Å². The van der Waals surface area contributed by atoms with Gasteiger partial charge in [-0.05, 0) is 26.0 Å². The number of rotatable bonds is 9. The Morgan fingerprint density at radius 1 is 1.25 bits per heavy atom. The first-order valence-electron chi connectivity index (χ1n) is 8.42. The van der Waals surface area contributed by atoms with Crippen LogP contribution < -0.4 is 10.6 Å². The number of benzene rings is 1. The van der Waals surface area contributed by atoms with E-state index in [-0.39, 0.29) is 36.5 Å². The molecule has 2 atom stereocenters. The van der Waals surface area contributed by atoms with Crippen LogP contribution in [-0.2, 0) is 0 Å². The largest absolute Gasteiger partial charge is 0.396 e. The Balaban J connectivity index is 0.00000529. The zero-order valence-corrected chi connectivity index (χ0v) is 17.7. The first kappa shape index (κ1) is 23.1. The van der Waals surface area contributed by atoms with Crippen LogP contribution in [0.2, 0.25) is 0 Å². The van der Waals surface area contributed by atoms with Crippen LogP contribution in [0, 0.1) is 0 Å². The predicted molar refractivity (Wildman–Crippen MR) is 113 cm³/mol. The van der Waals surface area contributed by atoms with E-state index in [0.717, 1.165) is 31.0 Å². The van der Waals surface area contributed by atoms with Crippen molar-refractivity contribution in [2.24, 2.45) is 4.99 Å². The number of aliphatic imine (C=N–C) groups is 1. The zero-order valence-electron chi connectivity index (χ0n) is 15.3. The van der Waals surface area contributed by atoms with E-state index in [4.69, 9.17) is 0 Å². The molecule has 1 aromatic rings. The molecule has 0 saturated carbocycles. The minimum atomic E-state index is 0. The highest BCUT2D eigenvalue weighted by molar-refractivity contribution is 14.0. The molecule has 0 amide bonds. The molecule has 3 N–H and O–H groups in total. The molecule has 6 heteroatoms. The quantitative estimate of drug-likeness (QED) is 0.308. The van der Waals surface area contributed by atoms with Crippen molar-refractivity contribution >= 4 is 29.9 Å². The summed E-state index contributed by atoms with van der Waals surface area (Å²) in [7, 11) is 3.91. The van der Waals surface area contributed by atoms with Gasteiger partial charge in [-0.15, -0.1) is 24.0 Å². The summed E-state index contributed by atoms with van der Waals surface area (Å²) in [6.45, 7) is 7.02. The van der Waals surface area contributed by atoms with E-state index in [2.05, 4.69) is 41.4 Å². The second-order valence-corrected chi connectivity index (χ2v) is 5.91. The molecule has 0 fully saturated rings. The van der Waals surface area contributed by atoms with Crippen molar-refractivity contribution in [3.63, 3.8) is 0 Å². The van der Waals surface area contributed by atoms with Gasteiger partial charge in [-0.3, -0.25) is 4.99 Å². The Kier molecular flexibility index (Phi) is 13.0. The lowest BCUT2D eigenvalue weighted by Crippen LogP contribution is -2.43. The average Bonchev–Trinajstić information content (AvgIpc) is 2.60. The highest BCUT2D eigenvalue weighted by atomic mass is 127. The summed E-state index contributed by atoms with van der Waals surface area (Å²) >= 11 is 0. The fourth-order valence-corrected chi connectivity index (χ4v) is 2.34. The molecule has 0 radical (unpaired) electrons. The fraction of sp³-hybridized carbons (Fsp3) is 0.611. The summed E-state index contributed by atoms with van der Waals surface area (Å²) in [4.78, 5) is 6.58. The van der Waals surface area contributed by atoms with Gasteiger partial charge in [-0.1, -0.05) is 37.3 Å². The molecule has 0 aliphatic heterocycles. The van der Waals surface area contributed by atoms with Gasteiger partial charge in [0.15, 0.2) is 5.96 Å². The zero-order chi connectivity index (χ0) is 17.1. The molecule has 0 bridgehead atoms. The van der Waals surface area contributed by atoms with Crippen molar-refractivity contribution in [3.8, 4) is 0 Å². The third-order valence-electron chi connectivity index (χ3n) is 4.33. The lowest BCUT2D eigenvalue weighted by Gasteiger charge is -2.24. The van der Waals surface area contributed by atoms with Crippen LogP contribution in [0.5, 0.6) is 0 Å². The Morgan fingerprint density at radius 3 is 2.46 bits per heavy atom. The molecule has 0 aliphatic carbocycles. The number of aliphatic hydroxyl groups excluding tert-OH is 1. The Labute approximate surface area is 164 Å². The van der Waals surface area contributed by atoms with Crippen LogP contribution in [0.25, 0.3) is 0 Å². The van der Waals surface area contributed by atoms with Crippen LogP contribution >= 0.6 is 24.0 Å². The standard InChI is InChI=1S/C18H32N4O.HI/c1-5-15(2)22(4)12-11-20-18(19-3)21-13-17(14-23)16-9-7-6-8-10-16;/h6-10,15,17,23H,5,11-14H2,1-4H3,(H2,19,20,21);1H. The Bertz CT molecular complexity index is 456. The summed E-state index contributed by atoms with van der Waals surface area (Å²) in [5.74, 6) is 0.842. The van der Waals surface area contributed by atoms with Crippen molar-refractivity contribution in [2.45, 2.75) is 32.2 Å². The van der Waals surface area contributed by atoms with Crippen LogP contribution in [0.15, 0.2) is 35.3 Å². The number of hydrogen-bond acceptors (Lipinski definition) is 3. The lowest BCUT2D eigenvalue weighted by molar-refractivity contribution is 0.255. The van der Waals surface area contributed by atoms with Gasteiger partial charge in [0.05, 0.1) is 6.61 Å². The highest BCUT2D eigenvalue weighted by Crippen LogP contribution is 2.13. The highest BCUT2D eigenvalue weighted by Gasteiger charge is 2.11. The van der Waals surface area contributed by atoms with Gasteiger partial charge in [0.1, 0.15) is 0 Å². The first-order chi connectivity index (χ1) is 11.1. The van der Waals surface area contributed by atoms with Crippen molar-refractivity contribution in [3.05, 3.63) is 35.9 Å². The molecule has 1 aromatic carbocycles. The second-order valence-electron chi connectivity index (χ2n) is 5.91. The average molecular weight is 448 g/mol. The molecule has 5 nitrogen and oxygen atoms in total. The SMILES string of the molecule is CCC(C)N(C)CCNC(=NC)NCC(CO)c1ccccc1.I. The van der Waals surface area contributed by atoms with Crippen LogP contribution in [-0.4, -0.2) is 62.3 Å². The minimum absolute atomic E-state index is 0. The van der Waals surface area contributed by atoms with Crippen molar-refractivity contribution < 1.29 is 5.11 Å². The molecule has 24 heavy (non-hydrogen) atoms. The molecule has 1 rings (SSSR count). The second kappa shape index (κ2) is 13.4. The Morgan fingerprint density at radius 2 is 1.92 bits per heavy atom. The number of aliphatic hydroxyl groups is 1. The predicted octanol–water partition coefficient (Wildman–Crippen LogP) is 2.28. The van der Waals surface area contributed by atoms with E-state index < -0.39 is 0 Å². The van der Waals surface area contributed by atoms with Gasteiger partial charge in [-0.25, -0.2) is 0 Å². The van der Waals surface area contributed by atoms with E-state index in [9.17, 15) is 5.11 Å². The van der Waals surface area contributed by atoms with Crippen molar-refractivity contribution in [1.82, 2.24) is 15.5 Å². The number of nitrogens with zero attached hydrogens (tertiary/aromatic N) is 2. The number of likely N-dealkylation sites (N-methyl/N-ethyl adjacent to an activating group) is 1. The number of nitrogens with one attached hydrogen (secondary N) is 2. The smallest absolute Gasteiger partial charge is 0.191 e. The first-order valence-corrected chi connectivity index (χ1v) is 8.42. The van der Waals surface area contributed by atoms with Crippen LogP contribution in [0.4, 0.5) is 0 Å². The van der Waals surface area contributed by atoms with Crippen molar-refractivity contribution in [2.75, 3.05) is 40.3 Å². The third-order valence-corrected chi connectivity index (χ3v) is 4.33. The van der Waals surface area contributed by atoms with Gasteiger partial charge < -0.3 is 20.6 Å². The molecule has 0 aliphatic rings. The normalized spacial score (nSPS) is 14.0. The van der Waals surface area contributed by atoms with Gasteiger partial charge in [-0.2, -0.15) is 0 Å². The molecule has 0 aromatic heterocycles. The number of guanidine groups is 1. The van der Waals surface area contributed by atoms with Gasteiger partial charge in [0.2, 0.25) is 0 Å².